The van der Waals surface area contributed by atoms with E-state index >= 15 is 0 Å². The highest BCUT2D eigenvalue weighted by atomic mass is 32.2. The summed E-state index contributed by atoms with van der Waals surface area (Å²) >= 11 is 0. The highest BCUT2D eigenvalue weighted by molar-refractivity contribution is 7.89. The lowest BCUT2D eigenvalue weighted by atomic mass is 10.1. The van der Waals surface area contributed by atoms with E-state index in [1.165, 1.54) is 19.1 Å². The van der Waals surface area contributed by atoms with Gasteiger partial charge in [-0.05, 0) is 5.56 Å². The molecule has 0 radical (unpaired) electrons. The van der Waals surface area contributed by atoms with E-state index in [2.05, 4.69) is 9.46 Å². The Kier molecular flexibility index (Phi) is 5.86. The van der Waals surface area contributed by atoms with E-state index in [4.69, 9.17) is 5.11 Å². The van der Waals surface area contributed by atoms with Crippen molar-refractivity contribution in [2.24, 2.45) is 5.92 Å². The van der Waals surface area contributed by atoms with E-state index in [0.29, 0.717) is 5.56 Å². The standard InChI is InChI=1S/C13H17NO6S/c1-9(13(17)20-2)8-21(18,19)14-11(12(15)16)10-6-4-3-5-7-10/h3-7,9,11,14H,8H2,1-2H3,(H,15,16)/t9?,11-/m1/s1. The maximum Gasteiger partial charge on any atom is 0.326 e. The smallest absolute Gasteiger partial charge is 0.326 e. The molecule has 1 aromatic rings. The van der Waals surface area contributed by atoms with Crippen molar-refractivity contribution in [3.8, 4) is 0 Å². The van der Waals surface area contributed by atoms with Gasteiger partial charge in [0.2, 0.25) is 10.0 Å². The summed E-state index contributed by atoms with van der Waals surface area (Å²) in [4.78, 5) is 22.5. The van der Waals surface area contributed by atoms with Gasteiger partial charge in [-0.2, -0.15) is 4.72 Å². The zero-order valence-electron chi connectivity index (χ0n) is 11.6. The zero-order valence-corrected chi connectivity index (χ0v) is 12.5. The van der Waals surface area contributed by atoms with Gasteiger partial charge in [0, 0.05) is 0 Å². The normalized spacial score (nSPS) is 14.2. The molecule has 21 heavy (non-hydrogen) atoms. The lowest BCUT2D eigenvalue weighted by Crippen LogP contribution is -2.38. The van der Waals surface area contributed by atoms with Crippen LogP contribution in [0.15, 0.2) is 30.3 Å². The minimum absolute atomic E-state index is 0.305. The number of hydrogen-bond donors (Lipinski definition) is 2. The average molecular weight is 315 g/mol. The van der Waals surface area contributed by atoms with Crippen LogP contribution in [0.3, 0.4) is 0 Å². The van der Waals surface area contributed by atoms with Crippen molar-refractivity contribution in [1.29, 1.82) is 0 Å². The van der Waals surface area contributed by atoms with E-state index in [-0.39, 0.29) is 0 Å². The third kappa shape index (κ3) is 5.16. The Morgan fingerprint density at radius 2 is 1.86 bits per heavy atom. The molecular formula is C13H17NO6S. The van der Waals surface area contributed by atoms with Crippen molar-refractivity contribution in [2.75, 3.05) is 12.9 Å². The lowest BCUT2D eigenvalue weighted by molar-refractivity contribution is -0.144. The van der Waals surface area contributed by atoms with Gasteiger partial charge in [0.05, 0.1) is 18.8 Å². The summed E-state index contributed by atoms with van der Waals surface area (Å²) in [6.45, 7) is 1.39. The molecule has 0 spiro atoms. The van der Waals surface area contributed by atoms with Crippen LogP contribution >= 0.6 is 0 Å². The summed E-state index contributed by atoms with van der Waals surface area (Å²) in [6, 6.07) is 6.51. The number of aliphatic carboxylic acids is 1. The Hall–Kier alpha value is -1.93. The maximum absolute atomic E-state index is 12.0. The largest absolute Gasteiger partial charge is 0.480 e. The van der Waals surface area contributed by atoms with Crippen molar-refractivity contribution in [3.05, 3.63) is 35.9 Å². The molecule has 2 N–H and O–H groups in total. The SMILES string of the molecule is COC(=O)C(C)CS(=O)(=O)N[C@@H](C(=O)O)c1ccccc1. The summed E-state index contributed by atoms with van der Waals surface area (Å²) in [6.07, 6.45) is 0. The minimum Gasteiger partial charge on any atom is -0.480 e. The topological polar surface area (TPSA) is 110 Å². The average Bonchev–Trinajstić information content (AvgIpc) is 2.44. The number of ether oxygens (including phenoxy) is 1. The second-order valence-electron chi connectivity index (χ2n) is 4.51. The van der Waals surface area contributed by atoms with Crippen LogP contribution in [-0.4, -0.2) is 38.3 Å². The third-order valence-electron chi connectivity index (χ3n) is 2.75. The molecule has 1 rings (SSSR count). The van der Waals surface area contributed by atoms with Gasteiger partial charge in [-0.3, -0.25) is 9.59 Å². The number of hydrogen-bond acceptors (Lipinski definition) is 5. The van der Waals surface area contributed by atoms with Gasteiger partial charge < -0.3 is 9.84 Å². The molecule has 1 unspecified atom stereocenters. The second-order valence-corrected chi connectivity index (χ2v) is 6.30. The number of carboxylic acids is 1. The predicted octanol–water partition coefficient (Wildman–Crippen LogP) is 0.541. The van der Waals surface area contributed by atoms with Crippen molar-refractivity contribution in [1.82, 2.24) is 4.72 Å². The number of carbonyl (C=O) groups excluding carboxylic acids is 1. The first-order valence-corrected chi connectivity index (χ1v) is 7.77. The molecule has 0 heterocycles. The molecule has 1 aromatic carbocycles. The van der Waals surface area contributed by atoms with Crippen LogP contribution < -0.4 is 4.72 Å². The van der Waals surface area contributed by atoms with E-state index < -0.39 is 39.7 Å². The number of nitrogens with one attached hydrogen (secondary N) is 1. The first-order chi connectivity index (χ1) is 9.76. The third-order valence-corrected chi connectivity index (χ3v) is 4.28. The fourth-order valence-electron chi connectivity index (χ4n) is 1.73. The number of sulfonamides is 1. The van der Waals surface area contributed by atoms with Crippen molar-refractivity contribution in [2.45, 2.75) is 13.0 Å². The monoisotopic (exact) mass is 315 g/mol. The molecule has 0 aliphatic carbocycles. The van der Waals surface area contributed by atoms with Crippen LogP contribution in [0, 0.1) is 5.92 Å². The van der Waals surface area contributed by atoms with Gasteiger partial charge in [0.15, 0.2) is 0 Å². The van der Waals surface area contributed by atoms with E-state index in [1.807, 2.05) is 0 Å². The number of methoxy groups -OCH3 is 1. The molecule has 0 aliphatic rings. The zero-order chi connectivity index (χ0) is 16.0. The van der Waals surface area contributed by atoms with Gasteiger partial charge in [0.25, 0.3) is 0 Å². The molecule has 0 saturated heterocycles. The Bertz CT molecular complexity index is 598. The number of esters is 1. The number of benzene rings is 1. The van der Waals surface area contributed by atoms with Crippen LogP contribution in [-0.2, 0) is 24.3 Å². The molecule has 2 atom stereocenters. The summed E-state index contributed by atoms with van der Waals surface area (Å²) in [7, 11) is -2.80. The first-order valence-electron chi connectivity index (χ1n) is 6.12. The van der Waals surface area contributed by atoms with Gasteiger partial charge in [-0.15, -0.1) is 0 Å². The highest BCUT2D eigenvalue weighted by Gasteiger charge is 2.28. The summed E-state index contributed by atoms with van der Waals surface area (Å²) in [5, 5.41) is 9.16. The maximum atomic E-state index is 12.0. The first kappa shape index (κ1) is 17.1. The molecule has 0 amide bonds. The van der Waals surface area contributed by atoms with E-state index in [1.54, 1.807) is 18.2 Å². The number of rotatable bonds is 7. The van der Waals surface area contributed by atoms with Gasteiger partial charge in [-0.1, -0.05) is 37.3 Å². The fraction of sp³-hybridized carbons (Fsp3) is 0.385. The molecule has 0 fully saturated rings. The quantitative estimate of drug-likeness (QED) is 0.711. The van der Waals surface area contributed by atoms with Crippen LogP contribution in [0.25, 0.3) is 0 Å². The minimum atomic E-state index is -3.96. The Balaban J connectivity index is 2.89. The Morgan fingerprint density at radius 3 is 2.33 bits per heavy atom. The fourth-order valence-corrected chi connectivity index (χ4v) is 3.22. The molecule has 8 heteroatoms. The summed E-state index contributed by atoms with van der Waals surface area (Å²) < 4.78 is 30.5. The summed E-state index contributed by atoms with van der Waals surface area (Å²) in [5.74, 6) is -3.43. The van der Waals surface area contributed by atoms with Crippen molar-refractivity contribution < 1.29 is 27.9 Å². The summed E-state index contributed by atoms with van der Waals surface area (Å²) in [5.41, 5.74) is 0.305. The molecule has 0 saturated carbocycles. The number of carbonyl (C=O) groups is 2. The van der Waals surface area contributed by atoms with Gasteiger partial charge >= 0.3 is 11.9 Å². The van der Waals surface area contributed by atoms with Crippen molar-refractivity contribution >= 4 is 22.0 Å². The molecule has 7 nitrogen and oxygen atoms in total. The van der Waals surface area contributed by atoms with E-state index in [0.717, 1.165) is 7.11 Å². The number of carboxylic acid groups (broad SMARTS) is 1. The highest BCUT2D eigenvalue weighted by Crippen LogP contribution is 2.15. The molecule has 0 bridgehead atoms. The van der Waals surface area contributed by atoms with Crippen LogP contribution in [0.2, 0.25) is 0 Å². The van der Waals surface area contributed by atoms with Crippen LogP contribution in [0.1, 0.15) is 18.5 Å². The lowest BCUT2D eigenvalue weighted by Gasteiger charge is -2.16. The second kappa shape index (κ2) is 7.19. The van der Waals surface area contributed by atoms with Gasteiger partial charge in [-0.25, -0.2) is 8.42 Å². The molecule has 116 valence electrons. The van der Waals surface area contributed by atoms with Crippen molar-refractivity contribution in [3.63, 3.8) is 0 Å². The molecule has 0 aromatic heterocycles. The van der Waals surface area contributed by atoms with Crippen LogP contribution in [0.5, 0.6) is 0 Å². The van der Waals surface area contributed by atoms with Gasteiger partial charge in [0.1, 0.15) is 6.04 Å². The predicted molar refractivity (Wildman–Crippen MR) is 74.9 cm³/mol. The Labute approximate surface area is 123 Å². The van der Waals surface area contributed by atoms with Crippen LogP contribution in [0.4, 0.5) is 0 Å². The van der Waals surface area contributed by atoms with E-state index in [9.17, 15) is 18.0 Å². The Morgan fingerprint density at radius 1 is 1.29 bits per heavy atom. The molecule has 0 aliphatic heterocycles. The molecular weight excluding hydrogens is 298 g/mol.